The van der Waals surface area contributed by atoms with E-state index in [1.54, 1.807) is 17.4 Å². The van der Waals surface area contributed by atoms with Crippen LogP contribution in [-0.4, -0.2) is 6.04 Å². The lowest BCUT2D eigenvalue weighted by molar-refractivity contribution is 0.301. The van der Waals surface area contributed by atoms with Crippen LogP contribution < -0.4 is 10.1 Å². The van der Waals surface area contributed by atoms with Crippen molar-refractivity contribution < 1.29 is 9.13 Å². The van der Waals surface area contributed by atoms with Crippen molar-refractivity contribution in [3.63, 3.8) is 0 Å². The highest BCUT2D eigenvalue weighted by atomic mass is 32.1. The molecule has 0 spiro atoms. The molecule has 0 saturated heterocycles. The maximum atomic E-state index is 13.3. The van der Waals surface area contributed by atoms with Gasteiger partial charge in [0.05, 0.1) is 0 Å². The predicted molar refractivity (Wildman–Crippen MR) is 77.0 cm³/mol. The largest absolute Gasteiger partial charge is 0.489 e. The maximum absolute atomic E-state index is 13.3. The van der Waals surface area contributed by atoms with Crippen LogP contribution in [0.3, 0.4) is 0 Å². The van der Waals surface area contributed by atoms with E-state index in [2.05, 4.69) is 24.5 Å². The first-order chi connectivity index (χ1) is 9.15. The van der Waals surface area contributed by atoms with Gasteiger partial charge in [-0.25, -0.2) is 4.39 Å². The minimum absolute atomic E-state index is 0.233. The normalized spacial score (nSPS) is 10.9. The Morgan fingerprint density at radius 2 is 2.16 bits per heavy atom. The molecule has 0 bridgehead atoms. The third-order valence-corrected chi connectivity index (χ3v) is 3.43. The first kappa shape index (κ1) is 14.0. The van der Waals surface area contributed by atoms with E-state index >= 15 is 0 Å². The summed E-state index contributed by atoms with van der Waals surface area (Å²) in [6, 6.07) is 7.03. The van der Waals surface area contributed by atoms with Crippen molar-refractivity contribution >= 4 is 11.3 Å². The standard InChI is InChI=1S/C15H18FNOS/c1-11(2)17-8-13-7-14(16)3-4-15(13)18-9-12-5-6-19-10-12/h3-7,10-11,17H,8-9H2,1-2H3. The summed E-state index contributed by atoms with van der Waals surface area (Å²) in [6.07, 6.45) is 0. The highest BCUT2D eigenvalue weighted by Crippen LogP contribution is 2.21. The number of nitrogens with one attached hydrogen (secondary N) is 1. The number of ether oxygens (including phenoxy) is 1. The number of rotatable bonds is 6. The minimum Gasteiger partial charge on any atom is -0.489 e. The smallest absolute Gasteiger partial charge is 0.124 e. The monoisotopic (exact) mass is 279 g/mol. The van der Waals surface area contributed by atoms with Gasteiger partial charge in [-0.15, -0.1) is 0 Å². The van der Waals surface area contributed by atoms with Crippen LogP contribution in [0.2, 0.25) is 0 Å². The Labute approximate surface area is 117 Å². The number of hydrogen-bond donors (Lipinski definition) is 1. The zero-order chi connectivity index (χ0) is 13.7. The third kappa shape index (κ3) is 4.33. The molecule has 0 unspecified atom stereocenters. The molecule has 1 aromatic heterocycles. The van der Waals surface area contributed by atoms with Crippen LogP contribution in [0, 0.1) is 5.82 Å². The van der Waals surface area contributed by atoms with Gasteiger partial charge in [0.25, 0.3) is 0 Å². The Balaban J connectivity index is 2.05. The summed E-state index contributed by atoms with van der Waals surface area (Å²) in [7, 11) is 0. The highest BCUT2D eigenvalue weighted by Gasteiger charge is 2.07. The summed E-state index contributed by atoms with van der Waals surface area (Å²) in [6.45, 7) is 5.24. The van der Waals surface area contributed by atoms with Crippen LogP contribution in [0.4, 0.5) is 4.39 Å². The van der Waals surface area contributed by atoms with E-state index in [0.717, 1.165) is 16.9 Å². The second kappa shape index (κ2) is 6.68. The molecule has 4 heteroatoms. The molecule has 102 valence electrons. The van der Waals surface area contributed by atoms with Crippen LogP contribution in [-0.2, 0) is 13.2 Å². The molecule has 1 heterocycles. The van der Waals surface area contributed by atoms with E-state index < -0.39 is 0 Å². The van der Waals surface area contributed by atoms with Crippen LogP contribution in [0.5, 0.6) is 5.75 Å². The number of benzene rings is 1. The minimum atomic E-state index is -0.233. The molecule has 2 rings (SSSR count). The molecule has 0 aliphatic carbocycles. The Bertz CT molecular complexity index is 511. The first-order valence-electron chi connectivity index (χ1n) is 6.31. The van der Waals surface area contributed by atoms with E-state index in [9.17, 15) is 4.39 Å². The van der Waals surface area contributed by atoms with Crippen LogP contribution in [0.25, 0.3) is 0 Å². The van der Waals surface area contributed by atoms with Gasteiger partial charge in [-0.3, -0.25) is 0 Å². The van der Waals surface area contributed by atoms with Crippen molar-refractivity contribution in [2.24, 2.45) is 0 Å². The number of halogens is 1. The van der Waals surface area contributed by atoms with Crippen LogP contribution >= 0.6 is 11.3 Å². The highest BCUT2D eigenvalue weighted by molar-refractivity contribution is 7.07. The topological polar surface area (TPSA) is 21.3 Å². The van der Waals surface area contributed by atoms with Crippen molar-refractivity contribution in [2.45, 2.75) is 33.0 Å². The molecule has 1 N–H and O–H groups in total. The van der Waals surface area contributed by atoms with Gasteiger partial charge in [0.2, 0.25) is 0 Å². The number of hydrogen-bond acceptors (Lipinski definition) is 3. The van der Waals surface area contributed by atoms with Crippen LogP contribution in [0.1, 0.15) is 25.0 Å². The van der Waals surface area contributed by atoms with Gasteiger partial charge in [0.15, 0.2) is 0 Å². The van der Waals surface area contributed by atoms with Crippen molar-refractivity contribution in [3.8, 4) is 5.75 Å². The SMILES string of the molecule is CC(C)NCc1cc(F)ccc1OCc1ccsc1. The second-order valence-electron chi connectivity index (χ2n) is 4.71. The molecule has 0 aliphatic rings. The average molecular weight is 279 g/mol. The van der Waals surface area contributed by atoms with Crippen molar-refractivity contribution in [1.82, 2.24) is 5.32 Å². The Kier molecular flexibility index (Phi) is 4.93. The van der Waals surface area contributed by atoms with Gasteiger partial charge in [-0.2, -0.15) is 11.3 Å². The Morgan fingerprint density at radius 3 is 2.84 bits per heavy atom. The van der Waals surface area contributed by atoms with E-state index in [1.807, 2.05) is 11.4 Å². The fraction of sp³-hybridized carbons (Fsp3) is 0.333. The quantitative estimate of drug-likeness (QED) is 0.864. The molecule has 2 aromatic rings. The van der Waals surface area contributed by atoms with Gasteiger partial charge in [-0.05, 0) is 40.6 Å². The fourth-order valence-electron chi connectivity index (χ4n) is 1.68. The van der Waals surface area contributed by atoms with Crippen molar-refractivity contribution in [2.75, 3.05) is 0 Å². The molecule has 19 heavy (non-hydrogen) atoms. The van der Waals surface area contributed by atoms with Crippen molar-refractivity contribution in [1.29, 1.82) is 0 Å². The van der Waals surface area contributed by atoms with Crippen molar-refractivity contribution in [3.05, 3.63) is 52.0 Å². The van der Waals surface area contributed by atoms with Gasteiger partial charge in [-0.1, -0.05) is 13.8 Å². The molecule has 0 fully saturated rings. The number of thiophene rings is 1. The van der Waals surface area contributed by atoms with Gasteiger partial charge in [0, 0.05) is 18.2 Å². The predicted octanol–water partition coefficient (Wildman–Crippen LogP) is 3.96. The molecule has 0 amide bonds. The zero-order valence-corrected chi connectivity index (χ0v) is 12.0. The molecule has 0 saturated carbocycles. The summed E-state index contributed by atoms with van der Waals surface area (Å²) in [5.74, 6) is 0.504. The van der Waals surface area contributed by atoms with E-state index in [-0.39, 0.29) is 5.82 Å². The van der Waals surface area contributed by atoms with Gasteiger partial charge >= 0.3 is 0 Å². The molecule has 0 atom stereocenters. The Hall–Kier alpha value is -1.39. The van der Waals surface area contributed by atoms with E-state index in [4.69, 9.17) is 4.74 Å². The summed E-state index contributed by atoms with van der Waals surface area (Å²) >= 11 is 1.64. The fourth-order valence-corrected chi connectivity index (χ4v) is 2.33. The van der Waals surface area contributed by atoms with E-state index in [0.29, 0.717) is 19.2 Å². The summed E-state index contributed by atoms with van der Waals surface area (Å²) in [5.41, 5.74) is 1.99. The second-order valence-corrected chi connectivity index (χ2v) is 5.49. The lowest BCUT2D eigenvalue weighted by Gasteiger charge is -2.13. The molecule has 0 radical (unpaired) electrons. The third-order valence-electron chi connectivity index (χ3n) is 2.70. The average Bonchev–Trinajstić information content (AvgIpc) is 2.88. The molecule has 0 aliphatic heterocycles. The van der Waals surface area contributed by atoms with Gasteiger partial charge < -0.3 is 10.1 Å². The summed E-state index contributed by atoms with van der Waals surface area (Å²) in [4.78, 5) is 0. The maximum Gasteiger partial charge on any atom is 0.124 e. The Morgan fingerprint density at radius 1 is 1.32 bits per heavy atom. The van der Waals surface area contributed by atoms with Gasteiger partial charge in [0.1, 0.15) is 18.2 Å². The lowest BCUT2D eigenvalue weighted by Crippen LogP contribution is -2.22. The molecule has 1 aromatic carbocycles. The lowest BCUT2D eigenvalue weighted by atomic mass is 10.2. The molecular formula is C15H18FNOS. The first-order valence-corrected chi connectivity index (χ1v) is 7.25. The zero-order valence-electron chi connectivity index (χ0n) is 11.2. The van der Waals surface area contributed by atoms with Crippen LogP contribution in [0.15, 0.2) is 35.0 Å². The summed E-state index contributed by atoms with van der Waals surface area (Å²) in [5, 5.41) is 7.35. The summed E-state index contributed by atoms with van der Waals surface area (Å²) < 4.78 is 19.1. The molecular weight excluding hydrogens is 261 g/mol. The van der Waals surface area contributed by atoms with E-state index in [1.165, 1.54) is 12.1 Å². The molecule has 2 nitrogen and oxygen atoms in total.